The van der Waals surface area contributed by atoms with E-state index in [0.29, 0.717) is 33.9 Å². The zero-order valence-corrected chi connectivity index (χ0v) is 12.4. The second kappa shape index (κ2) is 4.93. The lowest BCUT2D eigenvalue weighted by Crippen LogP contribution is -2.22. The van der Waals surface area contributed by atoms with E-state index in [9.17, 15) is 9.59 Å². The third-order valence-electron chi connectivity index (χ3n) is 3.62. The van der Waals surface area contributed by atoms with Crippen molar-refractivity contribution in [2.24, 2.45) is 0 Å². The quantitative estimate of drug-likeness (QED) is 0.790. The van der Waals surface area contributed by atoms with Gasteiger partial charge in [0.15, 0.2) is 0 Å². The van der Waals surface area contributed by atoms with Crippen LogP contribution in [-0.4, -0.2) is 14.3 Å². The van der Waals surface area contributed by atoms with Crippen LogP contribution < -0.4 is 11.1 Å². The van der Waals surface area contributed by atoms with Gasteiger partial charge in [0.2, 0.25) is 0 Å². The second-order valence-corrected chi connectivity index (χ2v) is 5.27. The maximum absolute atomic E-state index is 12.6. The highest BCUT2D eigenvalue weighted by Crippen LogP contribution is 2.15. The van der Waals surface area contributed by atoms with E-state index in [1.165, 1.54) is 10.7 Å². The number of hydrogen-bond acceptors (Lipinski definition) is 2. The molecule has 0 unspecified atom stereocenters. The Labute approximate surface area is 125 Å². The fraction of sp³-hybridized carbons (Fsp3) is 0.200. The summed E-state index contributed by atoms with van der Waals surface area (Å²) in [5.41, 5.74) is 1.60. The third kappa shape index (κ3) is 2.10. The van der Waals surface area contributed by atoms with E-state index in [4.69, 9.17) is 11.6 Å². The van der Waals surface area contributed by atoms with Crippen LogP contribution in [0.4, 0.5) is 0 Å². The first-order chi connectivity index (χ1) is 10.0. The summed E-state index contributed by atoms with van der Waals surface area (Å²) in [6, 6.07) is 8.39. The molecule has 108 valence electrons. The molecule has 3 aromatic rings. The number of hydrogen-bond donors (Lipinski definition) is 1. The van der Waals surface area contributed by atoms with Crippen molar-refractivity contribution in [3.8, 4) is 5.69 Å². The van der Waals surface area contributed by atoms with Gasteiger partial charge in [-0.15, -0.1) is 0 Å². The molecule has 2 heterocycles. The van der Waals surface area contributed by atoms with Gasteiger partial charge in [0.1, 0.15) is 0 Å². The fourth-order valence-corrected chi connectivity index (χ4v) is 2.70. The number of benzene rings is 1. The molecule has 0 fully saturated rings. The molecule has 0 bridgehead atoms. The Morgan fingerprint density at radius 3 is 2.48 bits per heavy atom. The van der Waals surface area contributed by atoms with Gasteiger partial charge in [0.05, 0.1) is 16.6 Å². The molecule has 0 spiro atoms. The summed E-state index contributed by atoms with van der Waals surface area (Å²) in [6.45, 7) is 4.20. The Bertz CT molecular complexity index is 932. The standard InChI is InChI=1S/C15H14ClN3O2/c1-3-18-9(2)14-12(8-13(18)20)17-19(15(14)21)11-6-4-10(16)5-7-11/h4-8,17H,3H2,1-2H3. The van der Waals surface area contributed by atoms with Crippen LogP contribution in [0.25, 0.3) is 16.6 Å². The molecule has 2 aromatic heterocycles. The van der Waals surface area contributed by atoms with Gasteiger partial charge in [-0.25, -0.2) is 4.68 Å². The van der Waals surface area contributed by atoms with Crippen molar-refractivity contribution in [3.05, 3.63) is 61.8 Å². The van der Waals surface area contributed by atoms with Gasteiger partial charge in [-0.05, 0) is 38.1 Å². The lowest BCUT2D eigenvalue weighted by molar-refractivity contribution is 0.708. The highest BCUT2D eigenvalue weighted by Gasteiger charge is 2.14. The Morgan fingerprint density at radius 2 is 1.86 bits per heavy atom. The third-order valence-corrected chi connectivity index (χ3v) is 3.87. The van der Waals surface area contributed by atoms with Gasteiger partial charge >= 0.3 is 0 Å². The van der Waals surface area contributed by atoms with Crippen molar-refractivity contribution in [1.82, 2.24) is 14.3 Å². The molecule has 0 aliphatic rings. The number of H-pyrrole nitrogens is 1. The highest BCUT2D eigenvalue weighted by atomic mass is 35.5. The number of halogens is 1. The average Bonchev–Trinajstić information content (AvgIpc) is 2.77. The second-order valence-electron chi connectivity index (χ2n) is 4.83. The van der Waals surface area contributed by atoms with Gasteiger partial charge in [-0.3, -0.25) is 14.7 Å². The maximum atomic E-state index is 12.6. The van der Waals surface area contributed by atoms with Crippen LogP contribution in [0.5, 0.6) is 0 Å². The number of rotatable bonds is 2. The molecule has 1 N–H and O–H groups in total. The first kappa shape index (κ1) is 13.7. The van der Waals surface area contributed by atoms with E-state index in [-0.39, 0.29) is 11.1 Å². The Hall–Kier alpha value is -2.27. The van der Waals surface area contributed by atoms with E-state index in [0.717, 1.165) is 0 Å². The van der Waals surface area contributed by atoms with Crippen molar-refractivity contribution in [2.75, 3.05) is 0 Å². The van der Waals surface area contributed by atoms with Crippen molar-refractivity contribution in [3.63, 3.8) is 0 Å². The van der Waals surface area contributed by atoms with E-state index < -0.39 is 0 Å². The number of aryl methyl sites for hydroxylation is 1. The lowest BCUT2D eigenvalue weighted by Gasteiger charge is -2.05. The van der Waals surface area contributed by atoms with Gasteiger partial charge in [-0.2, -0.15) is 0 Å². The predicted molar refractivity (Wildman–Crippen MR) is 83.6 cm³/mol. The van der Waals surface area contributed by atoms with Crippen molar-refractivity contribution in [1.29, 1.82) is 0 Å². The van der Waals surface area contributed by atoms with Crippen LogP contribution in [0.3, 0.4) is 0 Å². The molecule has 3 rings (SSSR count). The van der Waals surface area contributed by atoms with Crippen LogP contribution in [0.15, 0.2) is 39.9 Å². The Kier molecular flexibility index (Phi) is 3.22. The van der Waals surface area contributed by atoms with Crippen LogP contribution in [-0.2, 0) is 6.54 Å². The summed E-state index contributed by atoms with van der Waals surface area (Å²) in [6.07, 6.45) is 0. The summed E-state index contributed by atoms with van der Waals surface area (Å²) in [4.78, 5) is 24.6. The monoisotopic (exact) mass is 303 g/mol. The highest BCUT2D eigenvalue weighted by molar-refractivity contribution is 6.30. The van der Waals surface area contributed by atoms with Gasteiger partial charge in [-0.1, -0.05) is 11.6 Å². The summed E-state index contributed by atoms with van der Waals surface area (Å²) < 4.78 is 3.01. The van der Waals surface area contributed by atoms with Crippen LogP contribution >= 0.6 is 11.6 Å². The molecule has 0 aliphatic carbocycles. The molecule has 0 radical (unpaired) electrons. The van der Waals surface area contributed by atoms with E-state index >= 15 is 0 Å². The molecule has 1 aromatic carbocycles. The average molecular weight is 304 g/mol. The summed E-state index contributed by atoms with van der Waals surface area (Å²) in [5, 5.41) is 4.12. The minimum Gasteiger partial charge on any atom is -0.312 e. The topological polar surface area (TPSA) is 59.8 Å². The Morgan fingerprint density at radius 1 is 1.19 bits per heavy atom. The molecule has 6 heteroatoms. The molecule has 0 saturated heterocycles. The van der Waals surface area contributed by atoms with E-state index in [2.05, 4.69) is 5.10 Å². The lowest BCUT2D eigenvalue weighted by atomic mass is 10.2. The molecule has 0 saturated carbocycles. The van der Waals surface area contributed by atoms with Crippen LogP contribution in [0.1, 0.15) is 12.6 Å². The molecule has 5 nitrogen and oxygen atoms in total. The largest absolute Gasteiger partial charge is 0.312 e. The van der Waals surface area contributed by atoms with Crippen LogP contribution in [0, 0.1) is 6.92 Å². The summed E-state index contributed by atoms with van der Waals surface area (Å²) >= 11 is 5.86. The predicted octanol–water partition coefficient (Wildman–Crippen LogP) is 2.46. The number of pyridine rings is 1. The zero-order valence-electron chi connectivity index (χ0n) is 11.7. The first-order valence-corrected chi connectivity index (χ1v) is 7.02. The van der Waals surface area contributed by atoms with Gasteiger partial charge < -0.3 is 4.57 Å². The molecule has 0 atom stereocenters. The van der Waals surface area contributed by atoms with Crippen molar-refractivity contribution in [2.45, 2.75) is 20.4 Å². The smallest absolute Gasteiger partial charge is 0.280 e. The summed E-state index contributed by atoms with van der Waals surface area (Å²) in [7, 11) is 0. The minimum absolute atomic E-state index is 0.119. The number of aromatic nitrogens is 3. The molecule has 0 amide bonds. The van der Waals surface area contributed by atoms with Gasteiger partial charge in [0.25, 0.3) is 11.1 Å². The SMILES string of the molecule is CCn1c(C)c2c(=O)n(-c3ccc(Cl)cc3)[nH]c2cc1=O. The van der Waals surface area contributed by atoms with Crippen LogP contribution in [0.2, 0.25) is 5.02 Å². The zero-order chi connectivity index (χ0) is 15.1. The molecule has 21 heavy (non-hydrogen) atoms. The van der Waals surface area contributed by atoms with E-state index in [1.807, 2.05) is 6.92 Å². The van der Waals surface area contributed by atoms with E-state index in [1.54, 1.807) is 35.8 Å². The number of fused-ring (bicyclic) bond motifs is 1. The number of aromatic amines is 1. The number of nitrogens with zero attached hydrogens (tertiary/aromatic N) is 2. The minimum atomic E-state index is -0.174. The number of nitrogens with one attached hydrogen (secondary N) is 1. The fourth-order valence-electron chi connectivity index (χ4n) is 2.57. The Balaban J connectivity index is 2.35. The normalized spacial score (nSPS) is 11.2. The molecular weight excluding hydrogens is 290 g/mol. The first-order valence-electron chi connectivity index (χ1n) is 6.64. The molecular formula is C15H14ClN3O2. The maximum Gasteiger partial charge on any atom is 0.280 e. The van der Waals surface area contributed by atoms with Gasteiger partial charge in [0, 0.05) is 23.3 Å². The summed E-state index contributed by atoms with van der Waals surface area (Å²) in [5.74, 6) is 0. The van der Waals surface area contributed by atoms with Crippen molar-refractivity contribution >= 4 is 22.5 Å². The molecule has 0 aliphatic heterocycles. The van der Waals surface area contributed by atoms with Crippen molar-refractivity contribution < 1.29 is 0 Å².